The zero-order valence-electron chi connectivity index (χ0n) is 16.6. The van der Waals surface area contributed by atoms with Gasteiger partial charge in [0.15, 0.2) is 0 Å². The molecule has 3 atom stereocenters. The van der Waals surface area contributed by atoms with Crippen LogP contribution in [0.3, 0.4) is 0 Å². The molecular formula is C22H23IN4O4. The van der Waals surface area contributed by atoms with Crippen molar-refractivity contribution in [2.24, 2.45) is 5.73 Å². The molecule has 2 aromatic rings. The Morgan fingerprint density at radius 3 is 2.19 bits per heavy atom. The Hall–Kier alpha value is -2.95. The summed E-state index contributed by atoms with van der Waals surface area (Å²) >= 11 is 2.17. The summed E-state index contributed by atoms with van der Waals surface area (Å²) in [5.74, 6) is -2.02. The lowest BCUT2D eigenvalue weighted by atomic mass is 10.0. The highest BCUT2D eigenvalue weighted by atomic mass is 127. The minimum absolute atomic E-state index is 0.236. The number of carbonyl (C=O) groups excluding carboxylic acids is 4. The smallest absolute Gasteiger partial charge is 0.243 e. The summed E-state index contributed by atoms with van der Waals surface area (Å²) in [4.78, 5) is 49.1. The molecule has 1 aliphatic heterocycles. The molecule has 3 rings (SSSR count). The summed E-state index contributed by atoms with van der Waals surface area (Å²) in [7, 11) is 0. The Balaban J connectivity index is 1.55. The highest BCUT2D eigenvalue weighted by molar-refractivity contribution is 14.1. The molecule has 1 aliphatic rings. The number of nitrogens with two attached hydrogens (primary N) is 1. The van der Waals surface area contributed by atoms with Crippen molar-refractivity contribution in [2.75, 3.05) is 0 Å². The first-order valence-corrected chi connectivity index (χ1v) is 10.9. The molecule has 0 spiro atoms. The van der Waals surface area contributed by atoms with Crippen LogP contribution in [0.1, 0.15) is 17.5 Å². The van der Waals surface area contributed by atoms with Crippen molar-refractivity contribution in [1.29, 1.82) is 0 Å². The summed E-state index contributed by atoms with van der Waals surface area (Å²) < 4.78 is 1.05. The van der Waals surface area contributed by atoms with E-state index < -0.39 is 35.8 Å². The van der Waals surface area contributed by atoms with Crippen molar-refractivity contribution >= 4 is 46.2 Å². The van der Waals surface area contributed by atoms with Crippen LogP contribution in [0.15, 0.2) is 54.6 Å². The zero-order chi connectivity index (χ0) is 22.4. The molecule has 0 saturated carbocycles. The molecule has 1 heterocycles. The van der Waals surface area contributed by atoms with Crippen LogP contribution >= 0.6 is 22.6 Å². The van der Waals surface area contributed by atoms with Crippen molar-refractivity contribution in [3.8, 4) is 0 Å². The summed E-state index contributed by atoms with van der Waals surface area (Å²) in [6.07, 6.45) is 0.309. The van der Waals surface area contributed by atoms with Gasteiger partial charge < -0.3 is 21.7 Å². The zero-order valence-corrected chi connectivity index (χ0v) is 18.8. The van der Waals surface area contributed by atoms with Crippen LogP contribution in [0.5, 0.6) is 0 Å². The quantitative estimate of drug-likeness (QED) is 0.366. The van der Waals surface area contributed by atoms with E-state index in [4.69, 9.17) is 5.73 Å². The first kappa shape index (κ1) is 22.7. The number of halogens is 1. The average molecular weight is 534 g/mol. The molecule has 162 valence electrons. The van der Waals surface area contributed by atoms with E-state index in [-0.39, 0.29) is 18.7 Å². The van der Waals surface area contributed by atoms with Gasteiger partial charge in [-0.3, -0.25) is 19.2 Å². The second-order valence-electron chi connectivity index (χ2n) is 7.37. The van der Waals surface area contributed by atoms with Gasteiger partial charge >= 0.3 is 0 Å². The summed E-state index contributed by atoms with van der Waals surface area (Å²) in [6, 6.07) is 14.2. The molecule has 8 nitrogen and oxygen atoms in total. The summed E-state index contributed by atoms with van der Waals surface area (Å²) in [5, 5.41) is 7.83. The van der Waals surface area contributed by atoms with Gasteiger partial charge in [0.05, 0.1) is 6.42 Å². The number of piperazine rings is 1. The largest absolute Gasteiger partial charge is 0.368 e. The molecule has 5 N–H and O–H groups in total. The van der Waals surface area contributed by atoms with Gasteiger partial charge in [0.2, 0.25) is 23.6 Å². The van der Waals surface area contributed by atoms with Gasteiger partial charge in [0, 0.05) is 16.4 Å². The SMILES string of the molecule is NC(=O)[C@H](Cc1ccc(I)cc1)NC(=O)C[C@@H]1NC(=O)[C@H](Cc2ccccc2)NC1=O. The van der Waals surface area contributed by atoms with Crippen LogP contribution in [-0.4, -0.2) is 41.8 Å². The van der Waals surface area contributed by atoms with Crippen molar-refractivity contribution in [2.45, 2.75) is 37.4 Å². The third kappa shape index (κ3) is 6.51. The first-order chi connectivity index (χ1) is 14.8. The Morgan fingerprint density at radius 1 is 0.935 bits per heavy atom. The Kier molecular flexibility index (Phi) is 7.61. The normalized spacial score (nSPS) is 19.1. The molecule has 0 aliphatic carbocycles. The molecule has 2 aromatic carbocycles. The summed E-state index contributed by atoms with van der Waals surface area (Å²) in [5.41, 5.74) is 7.19. The van der Waals surface area contributed by atoms with Gasteiger partial charge in [-0.15, -0.1) is 0 Å². The van der Waals surface area contributed by atoms with E-state index in [2.05, 4.69) is 38.5 Å². The fourth-order valence-electron chi connectivity index (χ4n) is 3.33. The van der Waals surface area contributed by atoms with Crippen LogP contribution < -0.4 is 21.7 Å². The molecule has 9 heteroatoms. The van der Waals surface area contributed by atoms with E-state index in [0.29, 0.717) is 6.42 Å². The highest BCUT2D eigenvalue weighted by Crippen LogP contribution is 2.11. The lowest BCUT2D eigenvalue weighted by molar-refractivity contribution is -0.138. The van der Waals surface area contributed by atoms with Crippen molar-refractivity contribution in [3.63, 3.8) is 0 Å². The van der Waals surface area contributed by atoms with Gasteiger partial charge in [0.1, 0.15) is 18.1 Å². The van der Waals surface area contributed by atoms with E-state index in [1.165, 1.54) is 0 Å². The minimum atomic E-state index is -1.01. The number of hydrogen-bond acceptors (Lipinski definition) is 4. The van der Waals surface area contributed by atoms with E-state index in [1.54, 1.807) is 0 Å². The Labute approximate surface area is 193 Å². The maximum absolute atomic E-state index is 12.4. The summed E-state index contributed by atoms with van der Waals surface area (Å²) in [6.45, 7) is 0. The maximum atomic E-state index is 12.4. The van der Waals surface area contributed by atoms with Crippen molar-refractivity contribution < 1.29 is 19.2 Å². The van der Waals surface area contributed by atoms with Gasteiger partial charge in [-0.1, -0.05) is 42.5 Å². The number of primary amides is 1. The fraction of sp³-hybridized carbons (Fsp3) is 0.273. The fourth-order valence-corrected chi connectivity index (χ4v) is 3.69. The van der Waals surface area contributed by atoms with Gasteiger partial charge in [-0.2, -0.15) is 0 Å². The predicted molar refractivity (Wildman–Crippen MR) is 123 cm³/mol. The second-order valence-corrected chi connectivity index (χ2v) is 8.61. The topological polar surface area (TPSA) is 130 Å². The number of nitrogens with one attached hydrogen (secondary N) is 3. The van der Waals surface area contributed by atoms with Gasteiger partial charge in [0.25, 0.3) is 0 Å². The van der Waals surface area contributed by atoms with Crippen LogP contribution in [0.25, 0.3) is 0 Å². The van der Waals surface area contributed by atoms with Crippen LogP contribution in [0.2, 0.25) is 0 Å². The van der Waals surface area contributed by atoms with Gasteiger partial charge in [-0.25, -0.2) is 0 Å². The predicted octanol–water partition coefficient (Wildman–Crippen LogP) is 0.420. The number of carbonyl (C=O) groups is 4. The molecule has 0 radical (unpaired) electrons. The third-order valence-corrected chi connectivity index (χ3v) is 5.69. The molecule has 31 heavy (non-hydrogen) atoms. The average Bonchev–Trinajstić information content (AvgIpc) is 2.73. The lowest BCUT2D eigenvalue weighted by Crippen LogP contribution is -2.63. The van der Waals surface area contributed by atoms with Crippen molar-refractivity contribution in [3.05, 3.63) is 69.3 Å². The van der Waals surface area contributed by atoms with Crippen LogP contribution in [0.4, 0.5) is 0 Å². The molecule has 4 amide bonds. The maximum Gasteiger partial charge on any atom is 0.243 e. The highest BCUT2D eigenvalue weighted by Gasteiger charge is 2.35. The number of hydrogen-bond donors (Lipinski definition) is 4. The van der Waals surface area contributed by atoms with E-state index in [9.17, 15) is 19.2 Å². The first-order valence-electron chi connectivity index (χ1n) is 9.79. The van der Waals surface area contributed by atoms with E-state index in [1.807, 2.05) is 54.6 Å². The standard InChI is InChI=1S/C22H23IN4O4/c23-15-8-6-14(7-9-15)10-16(20(24)29)25-19(28)12-18-22(31)26-17(21(30)27-18)11-13-4-2-1-3-5-13/h1-9,16-18H,10-12H2,(H2,24,29)(H,25,28)(H,26,31)(H,27,30)/t16-,17-,18-/m0/s1. The van der Waals surface area contributed by atoms with Gasteiger partial charge in [-0.05, 0) is 45.9 Å². The minimum Gasteiger partial charge on any atom is -0.368 e. The number of amides is 4. The molecule has 1 saturated heterocycles. The molecule has 0 unspecified atom stereocenters. The van der Waals surface area contributed by atoms with E-state index >= 15 is 0 Å². The number of rotatable bonds is 8. The van der Waals surface area contributed by atoms with Crippen LogP contribution in [0, 0.1) is 3.57 Å². The second kappa shape index (κ2) is 10.4. The Bertz CT molecular complexity index is 965. The van der Waals surface area contributed by atoms with Crippen LogP contribution in [-0.2, 0) is 32.0 Å². The lowest BCUT2D eigenvalue weighted by Gasteiger charge is -2.29. The Morgan fingerprint density at radius 2 is 1.55 bits per heavy atom. The molecule has 1 fully saturated rings. The molecule has 0 bridgehead atoms. The van der Waals surface area contributed by atoms with E-state index in [0.717, 1.165) is 14.7 Å². The monoisotopic (exact) mass is 534 g/mol. The van der Waals surface area contributed by atoms with Crippen molar-refractivity contribution in [1.82, 2.24) is 16.0 Å². The molecule has 0 aromatic heterocycles. The number of benzene rings is 2. The molecular weight excluding hydrogens is 511 g/mol. The third-order valence-electron chi connectivity index (χ3n) is 4.97.